The smallest absolute Gasteiger partial charge is 0.336 e. The van der Waals surface area contributed by atoms with E-state index < -0.39 is 69.9 Å². The van der Waals surface area contributed by atoms with Gasteiger partial charge in [0.1, 0.15) is 15.0 Å². The molecule has 0 fully saturated rings. The number of carbonyl (C=O) groups excluding carboxylic acids is 3. The molecule has 3 amide bonds. The molecule has 0 unspecified atom stereocenters. The van der Waals surface area contributed by atoms with Gasteiger partial charge in [-0.05, 0) is 55.2 Å². The summed E-state index contributed by atoms with van der Waals surface area (Å²) in [7, 11) is -10.5. The van der Waals surface area contributed by atoms with Crippen molar-refractivity contribution in [3.8, 4) is 22.5 Å². The van der Waals surface area contributed by atoms with Gasteiger partial charge in [-0.25, -0.2) is 13.2 Å². The molecule has 251 valence electrons. The van der Waals surface area contributed by atoms with E-state index in [2.05, 4.69) is 5.32 Å². The van der Waals surface area contributed by atoms with Gasteiger partial charge >= 0.3 is 16.1 Å². The Hall–Kier alpha value is -4.43. The average Bonchev–Trinajstić information content (AvgIpc) is 3.31. The summed E-state index contributed by atoms with van der Waals surface area (Å²) in [5.41, 5.74) is 3.56. The van der Waals surface area contributed by atoms with Crippen LogP contribution in [0.15, 0.2) is 68.8 Å². The number of unbranched alkanes of at least 4 members (excludes halogenated alkanes) is 2. The Balaban J connectivity index is 0.00000541. The first-order valence-electron chi connectivity index (χ1n) is 14.0. The zero-order valence-corrected chi connectivity index (χ0v) is 29.3. The molecule has 1 radical (unpaired) electrons. The number of hydrogen-bond acceptors (Lipinski definition) is 11. The quantitative estimate of drug-likeness (QED) is 0.0334. The van der Waals surface area contributed by atoms with Crippen molar-refractivity contribution in [3.63, 3.8) is 0 Å². The predicted octanol–water partition coefficient (Wildman–Crippen LogP) is -0.260. The second kappa shape index (κ2) is 14.2. The van der Waals surface area contributed by atoms with E-state index in [4.69, 9.17) is 15.6 Å². The minimum atomic E-state index is -5.37. The summed E-state index contributed by atoms with van der Waals surface area (Å²) >= 11 is 0. The van der Waals surface area contributed by atoms with Crippen LogP contribution in [0.2, 0.25) is 0 Å². The Labute approximate surface area is 300 Å². The third-order valence-electron chi connectivity index (χ3n) is 7.56. The number of carboxylic acid groups (broad SMARTS) is 1. The summed E-state index contributed by atoms with van der Waals surface area (Å²) in [5.74, 6) is -3.63. The van der Waals surface area contributed by atoms with Gasteiger partial charge in [-0.1, -0.05) is 6.07 Å². The van der Waals surface area contributed by atoms with Crippen LogP contribution in [-0.4, -0.2) is 102 Å². The monoisotopic (exact) mass is 721 g/mol. The predicted molar refractivity (Wildman–Crippen MR) is 170 cm³/mol. The number of aromatic carboxylic acids is 1. The molecule has 0 atom stereocenters. The molecule has 0 bridgehead atoms. The Morgan fingerprint density at radius 1 is 0.939 bits per heavy atom. The number of nitrogens with two attached hydrogens (primary N) is 2. The Morgan fingerprint density at radius 3 is 2.20 bits per heavy atom. The molecule has 0 spiro atoms. The van der Waals surface area contributed by atoms with E-state index in [0.29, 0.717) is 19.3 Å². The molecule has 19 heteroatoms. The van der Waals surface area contributed by atoms with Crippen LogP contribution in [0.4, 0.5) is 5.69 Å². The van der Waals surface area contributed by atoms with Crippen molar-refractivity contribution < 1.29 is 60.1 Å². The fraction of sp³-hybridized carbons (Fsp3) is 0.167. The largest absolute Gasteiger partial charge is 0.744 e. The molecule has 3 aliphatic rings. The van der Waals surface area contributed by atoms with E-state index in [9.17, 15) is 50.2 Å². The third-order valence-corrected chi connectivity index (χ3v) is 9.42. The third kappa shape index (κ3) is 7.44. The summed E-state index contributed by atoms with van der Waals surface area (Å²) in [6.07, 6.45) is 3.93. The van der Waals surface area contributed by atoms with Crippen LogP contribution in [-0.2, 0) is 29.8 Å². The number of carboxylic acids is 1. The number of hydrogen-bond donors (Lipinski definition) is 5. The SMILES string of the molecule is Nc1ccc2c(-c3ccc(C(=O)NCCCCCN4C(=O)C=CC4=O)cc3C(=O)O)c3ccc(=[NH2+])c(S(=O)(=O)O)c-3oc2c1S(=O)(=O)[O-].[Na]. The van der Waals surface area contributed by atoms with Crippen LogP contribution in [0, 0.1) is 0 Å². The van der Waals surface area contributed by atoms with E-state index in [0.717, 1.165) is 23.1 Å². The van der Waals surface area contributed by atoms with Crippen molar-refractivity contribution >= 4 is 90.1 Å². The van der Waals surface area contributed by atoms with Crippen LogP contribution in [0.5, 0.6) is 0 Å². The average molecular weight is 722 g/mol. The van der Waals surface area contributed by atoms with Crippen LogP contribution >= 0.6 is 0 Å². The van der Waals surface area contributed by atoms with Gasteiger partial charge in [-0.2, -0.15) is 8.42 Å². The fourth-order valence-electron chi connectivity index (χ4n) is 5.42. The number of benzene rings is 3. The molecule has 2 aromatic carbocycles. The van der Waals surface area contributed by atoms with Crippen molar-refractivity contribution in [2.24, 2.45) is 0 Å². The van der Waals surface area contributed by atoms with Crippen molar-refractivity contribution in [2.75, 3.05) is 18.8 Å². The van der Waals surface area contributed by atoms with Crippen LogP contribution in [0.25, 0.3) is 33.4 Å². The van der Waals surface area contributed by atoms with Gasteiger partial charge in [0.15, 0.2) is 11.3 Å². The van der Waals surface area contributed by atoms with Crippen molar-refractivity contribution in [1.29, 1.82) is 0 Å². The number of imide groups is 1. The fourth-order valence-corrected chi connectivity index (χ4v) is 6.91. The minimum Gasteiger partial charge on any atom is -0.744 e. The van der Waals surface area contributed by atoms with Gasteiger partial charge in [0, 0.05) is 82.9 Å². The molecule has 5 rings (SSSR count). The van der Waals surface area contributed by atoms with Crippen LogP contribution in [0.1, 0.15) is 40.0 Å². The molecule has 2 aromatic rings. The first-order chi connectivity index (χ1) is 22.5. The Bertz CT molecular complexity index is 2320. The van der Waals surface area contributed by atoms with E-state index in [1.165, 1.54) is 36.4 Å². The normalized spacial score (nSPS) is 13.2. The number of carbonyl (C=O) groups is 4. The summed E-state index contributed by atoms with van der Waals surface area (Å²) in [5, 5.41) is 18.0. The maximum absolute atomic E-state index is 13.0. The molecule has 1 aliphatic carbocycles. The van der Waals surface area contributed by atoms with E-state index in [-0.39, 0.29) is 82.1 Å². The summed E-state index contributed by atoms with van der Waals surface area (Å²) in [4.78, 5) is 47.9. The van der Waals surface area contributed by atoms with Crippen LogP contribution < -0.4 is 21.8 Å². The zero-order chi connectivity index (χ0) is 35.1. The topological polar surface area (TPSA) is 280 Å². The number of nitrogens with one attached hydrogen (secondary N) is 1. The van der Waals surface area contributed by atoms with Gasteiger partial charge in [0.2, 0.25) is 10.3 Å². The zero-order valence-electron chi connectivity index (χ0n) is 25.6. The molecular formula is C30H26N4NaO12S2. The molecule has 7 N–H and O–H groups in total. The van der Waals surface area contributed by atoms with Gasteiger partial charge in [0.05, 0.1) is 11.3 Å². The number of fused-ring (bicyclic) bond motifs is 2. The molecule has 0 aromatic heterocycles. The molecule has 2 aliphatic heterocycles. The number of nitrogen functional groups attached to an aromatic ring is 1. The van der Waals surface area contributed by atoms with Gasteiger partial charge in [-0.15, -0.1) is 0 Å². The van der Waals surface area contributed by atoms with Crippen molar-refractivity contribution in [2.45, 2.75) is 29.1 Å². The Kier molecular flexibility index (Phi) is 10.8. The Morgan fingerprint density at radius 2 is 1.59 bits per heavy atom. The summed E-state index contributed by atoms with van der Waals surface area (Å²) < 4.78 is 77.1. The van der Waals surface area contributed by atoms with Crippen molar-refractivity contribution in [1.82, 2.24) is 10.2 Å². The number of rotatable bonds is 11. The maximum atomic E-state index is 13.0. The van der Waals surface area contributed by atoms with Crippen LogP contribution in [0.3, 0.4) is 0 Å². The van der Waals surface area contributed by atoms with Gasteiger partial charge in [-0.3, -0.25) is 29.2 Å². The number of amides is 3. The van der Waals surface area contributed by atoms with E-state index in [1.54, 1.807) is 0 Å². The first-order valence-corrected chi connectivity index (χ1v) is 16.9. The van der Waals surface area contributed by atoms with Crippen molar-refractivity contribution in [3.05, 3.63) is 71.1 Å². The summed E-state index contributed by atoms with van der Waals surface area (Å²) in [6.45, 7) is 0.414. The standard InChI is InChI=1S/C30H26N4O12S2.Na/c31-20-8-6-17-24(18-7-9-21(32)28(48(43,44)45)26(18)46-25(17)27(20)47(40,41)42)16-5-4-15(14-19(16)30(38)39)29(37)33-12-2-1-3-13-34-22(35)10-11-23(34)36;/h4-11,14,31H,1-3,12-13,32H2,(H,33,37)(H,38,39)(H,40,41,42)(H,43,44,45);. The number of nitrogens with zero attached hydrogens (tertiary/aromatic N) is 1. The van der Waals surface area contributed by atoms with E-state index >= 15 is 0 Å². The number of anilines is 1. The second-order valence-corrected chi connectivity index (χ2v) is 13.3. The maximum Gasteiger partial charge on any atom is 0.336 e. The molecule has 0 saturated carbocycles. The second-order valence-electron chi connectivity index (χ2n) is 10.7. The molecule has 16 nitrogen and oxygen atoms in total. The molecule has 2 heterocycles. The minimum absolute atomic E-state index is 0. The molecule has 0 saturated heterocycles. The van der Waals surface area contributed by atoms with Gasteiger partial charge < -0.3 is 25.1 Å². The molecular weight excluding hydrogens is 695 g/mol. The van der Waals surface area contributed by atoms with Gasteiger partial charge in [0.25, 0.3) is 17.7 Å². The van der Waals surface area contributed by atoms with E-state index in [1.807, 2.05) is 0 Å². The molecule has 49 heavy (non-hydrogen) atoms. The summed E-state index contributed by atoms with van der Waals surface area (Å²) in [6, 6.07) is 8.21. The first kappa shape index (κ1) is 37.4.